The van der Waals surface area contributed by atoms with E-state index in [-0.39, 0.29) is 22.1 Å². The van der Waals surface area contributed by atoms with Gasteiger partial charge in [0.15, 0.2) is 0 Å². The van der Waals surface area contributed by atoms with Crippen molar-refractivity contribution in [2.24, 2.45) is 11.8 Å². The molecule has 1 saturated carbocycles. The number of aromatic carboxylic acids is 1. The summed E-state index contributed by atoms with van der Waals surface area (Å²) in [5.74, 6) is -1.80. The first-order valence-electron chi connectivity index (χ1n) is 11.2. The number of allylic oxidation sites excluding steroid dienone is 4. The number of alkyl halides is 3. The quantitative estimate of drug-likeness (QED) is 0.318. The predicted molar refractivity (Wildman–Crippen MR) is 133 cm³/mol. The molecule has 1 amide bonds. The van der Waals surface area contributed by atoms with Crippen LogP contribution >= 0.6 is 11.6 Å². The van der Waals surface area contributed by atoms with Crippen molar-refractivity contribution in [1.82, 2.24) is 0 Å². The standard InChI is InChI=1S/C27H25ClF3NO4/c1-3-18(23-15-20(28)10-13-24(23)36-27(29,30)31)7-4-16(2)22(14-17-5-6-17)25(33)32-21-11-8-19(9-12-21)26(34)35/h3-4,7-13,15,17,22H,1,5-6,14H2,2H3,(H,32,33)(H,34,35)/b16-4+,18-7+. The molecule has 1 atom stereocenters. The summed E-state index contributed by atoms with van der Waals surface area (Å²) in [4.78, 5) is 24.1. The van der Waals surface area contributed by atoms with Gasteiger partial charge in [0.2, 0.25) is 5.91 Å². The number of rotatable bonds is 10. The lowest BCUT2D eigenvalue weighted by Crippen LogP contribution is -2.24. The van der Waals surface area contributed by atoms with Gasteiger partial charge in [-0.25, -0.2) is 4.79 Å². The Bertz CT molecular complexity index is 1200. The summed E-state index contributed by atoms with van der Waals surface area (Å²) in [6.45, 7) is 5.48. The van der Waals surface area contributed by atoms with Crippen molar-refractivity contribution in [1.29, 1.82) is 0 Å². The molecule has 0 radical (unpaired) electrons. The molecule has 2 aromatic rings. The number of ether oxygens (including phenoxy) is 1. The number of amides is 1. The van der Waals surface area contributed by atoms with Crippen LogP contribution in [0.4, 0.5) is 18.9 Å². The number of carboxylic acids is 1. The minimum Gasteiger partial charge on any atom is -0.478 e. The Kier molecular flexibility index (Phi) is 8.63. The van der Waals surface area contributed by atoms with E-state index in [2.05, 4.69) is 16.6 Å². The maximum absolute atomic E-state index is 13.1. The first-order valence-corrected chi connectivity index (χ1v) is 11.6. The minimum absolute atomic E-state index is 0.107. The largest absolute Gasteiger partial charge is 0.573 e. The van der Waals surface area contributed by atoms with Gasteiger partial charge in [0, 0.05) is 16.3 Å². The Hall–Kier alpha value is -3.52. The number of carboxylic acid groups (broad SMARTS) is 1. The number of anilines is 1. The summed E-state index contributed by atoms with van der Waals surface area (Å²) in [5.41, 5.74) is 1.73. The van der Waals surface area contributed by atoms with E-state index in [1.54, 1.807) is 19.1 Å². The molecule has 5 nitrogen and oxygen atoms in total. The molecule has 3 rings (SSSR count). The third-order valence-corrected chi connectivity index (χ3v) is 5.99. The van der Waals surface area contributed by atoms with Crippen molar-refractivity contribution in [3.05, 3.63) is 89.0 Å². The third kappa shape index (κ3) is 7.75. The highest BCUT2D eigenvalue weighted by atomic mass is 35.5. The zero-order chi connectivity index (χ0) is 26.5. The fraction of sp³-hybridized carbons (Fsp3) is 0.259. The van der Waals surface area contributed by atoms with Gasteiger partial charge in [0.05, 0.1) is 11.5 Å². The monoisotopic (exact) mass is 519 g/mol. The van der Waals surface area contributed by atoms with Crippen molar-refractivity contribution in [3.8, 4) is 5.75 Å². The molecule has 1 aliphatic rings. The number of carbonyl (C=O) groups excluding carboxylic acids is 1. The molecule has 0 aliphatic heterocycles. The van der Waals surface area contributed by atoms with Gasteiger partial charge in [0.1, 0.15) is 5.75 Å². The Morgan fingerprint density at radius 2 is 1.86 bits per heavy atom. The van der Waals surface area contributed by atoms with Gasteiger partial charge in [-0.05, 0) is 67.3 Å². The minimum atomic E-state index is -4.88. The van der Waals surface area contributed by atoms with E-state index in [4.69, 9.17) is 16.7 Å². The average Bonchev–Trinajstić information content (AvgIpc) is 3.63. The van der Waals surface area contributed by atoms with Crippen LogP contribution in [0, 0.1) is 11.8 Å². The van der Waals surface area contributed by atoms with E-state index in [1.807, 2.05) is 0 Å². The van der Waals surface area contributed by atoms with E-state index < -0.39 is 24.0 Å². The molecular formula is C27H25ClF3NO4. The molecule has 2 N–H and O–H groups in total. The molecule has 36 heavy (non-hydrogen) atoms. The number of hydrogen-bond acceptors (Lipinski definition) is 3. The van der Waals surface area contributed by atoms with Gasteiger partial charge >= 0.3 is 12.3 Å². The summed E-state index contributed by atoms with van der Waals surface area (Å²) < 4.78 is 42.8. The maximum atomic E-state index is 13.1. The lowest BCUT2D eigenvalue weighted by Gasteiger charge is -2.18. The molecule has 1 aliphatic carbocycles. The molecule has 0 aromatic heterocycles. The number of halogens is 4. The lowest BCUT2D eigenvalue weighted by molar-refractivity contribution is -0.274. The Morgan fingerprint density at radius 1 is 1.19 bits per heavy atom. The van der Waals surface area contributed by atoms with Crippen LogP contribution in [0.2, 0.25) is 5.02 Å². The van der Waals surface area contributed by atoms with Crippen LogP contribution in [0.5, 0.6) is 5.75 Å². The fourth-order valence-electron chi connectivity index (χ4n) is 3.66. The van der Waals surface area contributed by atoms with E-state index in [0.29, 0.717) is 29.2 Å². The normalized spacial score (nSPS) is 15.2. The van der Waals surface area contributed by atoms with Crippen LogP contribution in [-0.4, -0.2) is 23.3 Å². The second kappa shape index (κ2) is 11.5. The van der Waals surface area contributed by atoms with Gasteiger partial charge in [0.25, 0.3) is 0 Å². The fourth-order valence-corrected chi connectivity index (χ4v) is 3.83. The topological polar surface area (TPSA) is 75.6 Å². The molecule has 0 saturated heterocycles. The average molecular weight is 520 g/mol. The summed E-state index contributed by atoms with van der Waals surface area (Å²) >= 11 is 6.01. The summed E-state index contributed by atoms with van der Waals surface area (Å²) in [6.07, 6.45) is 2.44. The zero-order valence-corrected chi connectivity index (χ0v) is 20.2. The van der Waals surface area contributed by atoms with Crippen molar-refractivity contribution >= 4 is 34.7 Å². The van der Waals surface area contributed by atoms with Crippen LogP contribution in [-0.2, 0) is 4.79 Å². The highest BCUT2D eigenvalue weighted by molar-refractivity contribution is 6.30. The van der Waals surface area contributed by atoms with E-state index in [1.165, 1.54) is 42.5 Å². The molecular weight excluding hydrogens is 495 g/mol. The second-order valence-electron chi connectivity index (χ2n) is 8.53. The lowest BCUT2D eigenvalue weighted by atomic mass is 9.92. The van der Waals surface area contributed by atoms with Gasteiger partial charge < -0.3 is 15.2 Å². The molecule has 0 heterocycles. The van der Waals surface area contributed by atoms with Crippen molar-refractivity contribution in [2.75, 3.05) is 5.32 Å². The Morgan fingerprint density at radius 3 is 2.42 bits per heavy atom. The molecule has 0 bridgehead atoms. The smallest absolute Gasteiger partial charge is 0.478 e. The van der Waals surface area contributed by atoms with Crippen LogP contribution in [0.15, 0.2) is 72.8 Å². The van der Waals surface area contributed by atoms with Gasteiger partial charge in [-0.1, -0.05) is 54.8 Å². The van der Waals surface area contributed by atoms with Crippen molar-refractivity contribution in [2.45, 2.75) is 32.5 Å². The van der Waals surface area contributed by atoms with E-state index in [0.717, 1.165) is 18.9 Å². The second-order valence-corrected chi connectivity index (χ2v) is 8.96. The molecule has 0 spiro atoms. The van der Waals surface area contributed by atoms with Gasteiger partial charge in [-0.3, -0.25) is 4.79 Å². The van der Waals surface area contributed by atoms with Crippen LogP contribution in [0.25, 0.3) is 5.57 Å². The summed E-state index contributed by atoms with van der Waals surface area (Å²) in [5, 5.41) is 12.1. The molecule has 9 heteroatoms. The van der Waals surface area contributed by atoms with Crippen molar-refractivity contribution in [3.63, 3.8) is 0 Å². The molecule has 2 aromatic carbocycles. The number of carbonyl (C=O) groups is 2. The Balaban J connectivity index is 1.86. The highest BCUT2D eigenvalue weighted by Gasteiger charge is 2.33. The molecule has 1 unspecified atom stereocenters. The van der Waals surface area contributed by atoms with Crippen molar-refractivity contribution < 1.29 is 32.6 Å². The van der Waals surface area contributed by atoms with Gasteiger partial charge in [-0.15, -0.1) is 13.2 Å². The summed E-state index contributed by atoms with van der Waals surface area (Å²) in [7, 11) is 0. The third-order valence-electron chi connectivity index (χ3n) is 5.76. The molecule has 190 valence electrons. The van der Waals surface area contributed by atoms with Gasteiger partial charge in [-0.2, -0.15) is 0 Å². The van der Waals surface area contributed by atoms with E-state index in [9.17, 15) is 22.8 Å². The van der Waals surface area contributed by atoms with Crippen LogP contribution in [0.1, 0.15) is 42.1 Å². The van der Waals surface area contributed by atoms with Crippen LogP contribution < -0.4 is 10.1 Å². The first-order chi connectivity index (χ1) is 17.0. The SMILES string of the molecule is C=C/C(=C\C=C(/C)C(CC1CC1)C(=O)Nc1ccc(C(=O)O)cc1)c1cc(Cl)ccc1OC(F)(F)F. The maximum Gasteiger partial charge on any atom is 0.573 e. The molecule has 1 fully saturated rings. The first kappa shape index (κ1) is 27.1. The number of hydrogen-bond donors (Lipinski definition) is 2. The number of nitrogens with one attached hydrogen (secondary N) is 1. The van der Waals surface area contributed by atoms with Crippen LogP contribution in [0.3, 0.4) is 0 Å². The number of benzene rings is 2. The summed E-state index contributed by atoms with van der Waals surface area (Å²) in [6, 6.07) is 9.64. The zero-order valence-electron chi connectivity index (χ0n) is 19.4. The highest BCUT2D eigenvalue weighted by Crippen LogP contribution is 2.38. The Labute approximate surface area is 211 Å². The predicted octanol–water partition coefficient (Wildman–Crippen LogP) is 7.51. The van der Waals surface area contributed by atoms with E-state index >= 15 is 0 Å².